The first kappa shape index (κ1) is 55.6. The molecule has 0 heterocycles. The number of allylic oxidation sites excluding steroid dienone is 18. The summed E-state index contributed by atoms with van der Waals surface area (Å²) < 4.78 is 32.6. The third kappa shape index (κ3) is 42.6. The molecule has 0 saturated heterocycles. The second-order valence-electron chi connectivity index (χ2n) is 14.0. The minimum Gasteiger partial charge on any atom is -0.462 e. The zero-order valence-electron chi connectivity index (χ0n) is 36.2. The van der Waals surface area contributed by atoms with Gasteiger partial charge >= 0.3 is 19.8 Å². The van der Waals surface area contributed by atoms with Crippen LogP contribution in [0.3, 0.4) is 0 Å². The average Bonchev–Trinajstić information content (AvgIpc) is 3.22. The molecule has 0 bridgehead atoms. The standard InChI is InChI=1S/C48H77O10P/c1-3-5-7-9-11-13-15-17-19-21-22-24-25-27-29-31-33-35-37-39-47(51)55-43-46(44-57-59(53,54)56-42-45(50)41-49)58-48(52)40-38-36-34-32-30-28-26-23-20-18-16-14-12-10-8-6-4-2/h11-14,17-20,22,24,26-29,32-35,45-46,49-50H,3-10,15-16,21,23,25,30-31,36-44H2,1-2H3,(H,53,54)/b13-11-,14-12-,19-17-,20-18-,24-22-,28-26-,29-27-,34-32-,35-33-/t45-,46+/m0/s1. The van der Waals surface area contributed by atoms with Crippen molar-refractivity contribution in [3.05, 3.63) is 109 Å². The molecule has 0 rings (SSSR count). The van der Waals surface area contributed by atoms with Crippen LogP contribution >= 0.6 is 7.82 Å². The minimum atomic E-state index is -4.66. The van der Waals surface area contributed by atoms with E-state index in [4.69, 9.17) is 19.1 Å². The van der Waals surface area contributed by atoms with Crippen LogP contribution in [0.1, 0.15) is 142 Å². The normalized spacial score (nSPS) is 14.9. The van der Waals surface area contributed by atoms with Crippen LogP contribution < -0.4 is 0 Å². The zero-order chi connectivity index (χ0) is 43.3. The van der Waals surface area contributed by atoms with Gasteiger partial charge in [-0.3, -0.25) is 18.6 Å². The van der Waals surface area contributed by atoms with E-state index in [1.165, 1.54) is 44.9 Å². The number of ether oxygens (including phenoxy) is 2. The van der Waals surface area contributed by atoms with E-state index in [-0.39, 0.29) is 19.4 Å². The number of unbranched alkanes of at least 4 members (excludes halogenated alkanes) is 7. The molecule has 1 unspecified atom stereocenters. The Bertz CT molecular complexity index is 1340. The molecule has 0 aromatic carbocycles. The van der Waals surface area contributed by atoms with Gasteiger partial charge in [0.25, 0.3) is 0 Å². The summed E-state index contributed by atoms with van der Waals surface area (Å²) in [6.45, 7) is 2.15. The molecule has 11 heteroatoms. The van der Waals surface area contributed by atoms with Gasteiger partial charge in [0.15, 0.2) is 6.10 Å². The first-order chi connectivity index (χ1) is 28.7. The number of esters is 2. The highest BCUT2D eigenvalue weighted by Gasteiger charge is 2.27. The van der Waals surface area contributed by atoms with Crippen molar-refractivity contribution in [2.75, 3.05) is 26.4 Å². The second kappa shape index (κ2) is 42.7. The molecular formula is C48H77O10P. The number of carbonyl (C=O) groups is 2. The van der Waals surface area contributed by atoms with E-state index in [0.29, 0.717) is 19.3 Å². The minimum absolute atomic E-state index is 0.0860. The SMILES string of the molecule is CCCCC/C=C\C/C=C\C/C=C\C/C=C\C/C=C\CCC(=O)OC[C@H](COP(=O)(O)OC[C@@H](O)CO)OC(=O)CCC/C=C\C/C=C\C/C=C\C/C=C\CCCCC. The summed E-state index contributed by atoms with van der Waals surface area (Å²) in [4.78, 5) is 34.9. The third-order valence-electron chi connectivity index (χ3n) is 8.41. The van der Waals surface area contributed by atoms with Crippen LogP contribution in [0.4, 0.5) is 0 Å². The summed E-state index contributed by atoms with van der Waals surface area (Å²) in [7, 11) is -4.66. The molecule has 10 nitrogen and oxygen atoms in total. The maximum Gasteiger partial charge on any atom is 0.472 e. The van der Waals surface area contributed by atoms with Gasteiger partial charge in [0.05, 0.1) is 19.8 Å². The largest absolute Gasteiger partial charge is 0.472 e. The molecule has 0 radical (unpaired) electrons. The molecule has 0 aromatic heterocycles. The van der Waals surface area contributed by atoms with Gasteiger partial charge in [0, 0.05) is 12.8 Å². The van der Waals surface area contributed by atoms with Crippen molar-refractivity contribution in [1.29, 1.82) is 0 Å². The molecule has 0 amide bonds. The summed E-state index contributed by atoms with van der Waals surface area (Å²) in [5.74, 6) is -1.10. The van der Waals surface area contributed by atoms with Gasteiger partial charge in [0.2, 0.25) is 0 Å². The Labute approximate surface area is 356 Å². The van der Waals surface area contributed by atoms with E-state index in [1.54, 1.807) is 0 Å². The van der Waals surface area contributed by atoms with E-state index in [1.807, 2.05) is 24.3 Å². The monoisotopic (exact) mass is 845 g/mol. The molecule has 0 aliphatic rings. The lowest BCUT2D eigenvalue weighted by Crippen LogP contribution is -2.29. The summed E-state index contributed by atoms with van der Waals surface area (Å²) in [5.41, 5.74) is 0. The smallest absolute Gasteiger partial charge is 0.462 e. The zero-order valence-corrected chi connectivity index (χ0v) is 37.1. The predicted molar refractivity (Wildman–Crippen MR) is 242 cm³/mol. The highest BCUT2D eigenvalue weighted by Crippen LogP contribution is 2.43. The molecule has 0 spiro atoms. The van der Waals surface area contributed by atoms with Gasteiger partial charge in [-0.1, -0.05) is 149 Å². The molecule has 0 fully saturated rings. The molecular weight excluding hydrogens is 767 g/mol. The van der Waals surface area contributed by atoms with E-state index >= 15 is 0 Å². The molecule has 3 atom stereocenters. The fourth-order valence-corrected chi connectivity index (χ4v) is 5.81. The van der Waals surface area contributed by atoms with Crippen molar-refractivity contribution in [3.63, 3.8) is 0 Å². The molecule has 334 valence electrons. The first-order valence-corrected chi connectivity index (χ1v) is 23.3. The molecule has 59 heavy (non-hydrogen) atoms. The number of hydrogen-bond donors (Lipinski definition) is 3. The Balaban J connectivity index is 4.54. The number of phosphoric ester groups is 1. The number of aliphatic hydroxyl groups excluding tert-OH is 2. The average molecular weight is 845 g/mol. The maximum absolute atomic E-state index is 12.6. The van der Waals surface area contributed by atoms with Crippen LogP contribution in [0.25, 0.3) is 0 Å². The van der Waals surface area contributed by atoms with Crippen LogP contribution in [0.15, 0.2) is 109 Å². The van der Waals surface area contributed by atoms with E-state index in [9.17, 15) is 24.2 Å². The first-order valence-electron chi connectivity index (χ1n) is 21.8. The Morgan fingerprint density at radius 1 is 0.508 bits per heavy atom. The van der Waals surface area contributed by atoms with Crippen LogP contribution in [-0.2, 0) is 32.7 Å². The summed E-state index contributed by atoms with van der Waals surface area (Å²) in [5, 5.41) is 18.3. The Morgan fingerprint density at radius 3 is 1.32 bits per heavy atom. The molecule has 0 saturated carbocycles. The van der Waals surface area contributed by atoms with Crippen molar-refractivity contribution in [3.8, 4) is 0 Å². The van der Waals surface area contributed by atoms with E-state index in [0.717, 1.165) is 51.4 Å². The molecule has 0 aliphatic carbocycles. The molecule has 0 aromatic rings. The highest BCUT2D eigenvalue weighted by atomic mass is 31.2. The molecule has 0 aliphatic heterocycles. The second-order valence-corrected chi connectivity index (χ2v) is 15.5. The van der Waals surface area contributed by atoms with Crippen LogP contribution in [0.5, 0.6) is 0 Å². The van der Waals surface area contributed by atoms with Gasteiger partial charge in [0.1, 0.15) is 12.7 Å². The number of phosphoric acid groups is 1. The van der Waals surface area contributed by atoms with Crippen LogP contribution in [0, 0.1) is 0 Å². The van der Waals surface area contributed by atoms with Crippen molar-refractivity contribution < 1.29 is 47.8 Å². The van der Waals surface area contributed by atoms with Crippen molar-refractivity contribution in [1.82, 2.24) is 0 Å². The quantitative estimate of drug-likeness (QED) is 0.0236. The summed E-state index contributed by atoms with van der Waals surface area (Å²) in [6, 6.07) is 0. The van der Waals surface area contributed by atoms with E-state index in [2.05, 4.69) is 103 Å². The topological polar surface area (TPSA) is 149 Å². The Hall–Kier alpha value is -3.37. The predicted octanol–water partition coefficient (Wildman–Crippen LogP) is 11.8. The summed E-state index contributed by atoms with van der Waals surface area (Å²) in [6.07, 6.45) is 53.6. The fraction of sp³-hybridized carbons (Fsp3) is 0.583. The Morgan fingerprint density at radius 2 is 0.898 bits per heavy atom. The van der Waals surface area contributed by atoms with Crippen molar-refractivity contribution >= 4 is 19.8 Å². The van der Waals surface area contributed by atoms with Gasteiger partial charge in [-0.2, -0.15) is 0 Å². The molecule has 3 N–H and O–H groups in total. The lowest BCUT2D eigenvalue weighted by molar-refractivity contribution is -0.161. The number of rotatable bonds is 39. The number of hydrogen-bond acceptors (Lipinski definition) is 9. The van der Waals surface area contributed by atoms with Gasteiger partial charge in [-0.25, -0.2) is 4.57 Å². The van der Waals surface area contributed by atoms with Gasteiger partial charge < -0.3 is 24.6 Å². The van der Waals surface area contributed by atoms with E-state index < -0.39 is 51.8 Å². The Kier molecular flexibility index (Phi) is 40.3. The van der Waals surface area contributed by atoms with Gasteiger partial charge in [-0.15, -0.1) is 0 Å². The maximum atomic E-state index is 12.6. The lowest BCUT2D eigenvalue weighted by Gasteiger charge is -2.20. The van der Waals surface area contributed by atoms with Crippen LogP contribution in [-0.4, -0.2) is 65.7 Å². The summed E-state index contributed by atoms with van der Waals surface area (Å²) >= 11 is 0. The number of carbonyl (C=O) groups excluding carboxylic acids is 2. The third-order valence-corrected chi connectivity index (χ3v) is 9.36. The number of aliphatic hydroxyl groups is 2. The fourth-order valence-electron chi connectivity index (χ4n) is 5.02. The van der Waals surface area contributed by atoms with Crippen LogP contribution in [0.2, 0.25) is 0 Å². The lowest BCUT2D eigenvalue weighted by atomic mass is 10.2. The van der Waals surface area contributed by atoms with Gasteiger partial charge in [-0.05, 0) is 89.9 Å². The van der Waals surface area contributed by atoms with Crippen molar-refractivity contribution in [2.24, 2.45) is 0 Å². The highest BCUT2D eigenvalue weighted by molar-refractivity contribution is 7.47. The van der Waals surface area contributed by atoms with Crippen molar-refractivity contribution in [2.45, 2.75) is 154 Å².